The first-order chi connectivity index (χ1) is 7.24. The van der Waals surface area contributed by atoms with Crippen molar-refractivity contribution in [3.63, 3.8) is 0 Å². The highest BCUT2D eigenvalue weighted by Gasteiger charge is 2.04. The van der Waals surface area contributed by atoms with Gasteiger partial charge in [0.25, 0.3) is 5.69 Å². The number of nitrogens with zero attached hydrogens (tertiary/aromatic N) is 1. The second-order valence-electron chi connectivity index (χ2n) is 2.73. The average Bonchev–Trinajstić information content (AvgIpc) is 2.25. The molecule has 82 valence electrons. The predicted octanol–water partition coefficient (Wildman–Crippen LogP) is 1.29. The lowest BCUT2D eigenvalue weighted by Gasteiger charge is -2.03. The molecular weight excluding hydrogens is 202 g/mol. The molecule has 0 aromatic heterocycles. The van der Waals surface area contributed by atoms with Crippen LogP contribution in [0.5, 0.6) is 5.75 Å². The van der Waals surface area contributed by atoms with E-state index in [9.17, 15) is 10.1 Å². The number of aliphatic hydroxyl groups is 1. The van der Waals surface area contributed by atoms with Gasteiger partial charge < -0.3 is 9.99 Å². The van der Waals surface area contributed by atoms with Gasteiger partial charge >= 0.3 is 0 Å². The molecule has 0 aliphatic carbocycles. The van der Waals surface area contributed by atoms with E-state index in [4.69, 9.17) is 14.9 Å². The van der Waals surface area contributed by atoms with Gasteiger partial charge in [-0.25, -0.2) is 0 Å². The van der Waals surface area contributed by atoms with Crippen molar-refractivity contribution in [2.24, 2.45) is 0 Å². The molecule has 0 spiro atoms. The Balaban J connectivity index is 2.39. The Kier molecular flexibility index (Phi) is 4.52. The van der Waals surface area contributed by atoms with E-state index < -0.39 is 4.92 Å². The van der Waals surface area contributed by atoms with Crippen LogP contribution >= 0.6 is 0 Å². The van der Waals surface area contributed by atoms with Crippen molar-refractivity contribution in [1.29, 1.82) is 0 Å². The van der Waals surface area contributed by atoms with Crippen LogP contribution in [0.25, 0.3) is 0 Å². The summed E-state index contributed by atoms with van der Waals surface area (Å²) < 4.78 is 0. The number of non-ortho nitro benzene ring substituents is 1. The quantitative estimate of drug-likeness (QED) is 0.333. The molecular formula is C9H11NO5. The average molecular weight is 213 g/mol. The van der Waals surface area contributed by atoms with Crippen molar-refractivity contribution < 1.29 is 19.8 Å². The highest BCUT2D eigenvalue weighted by molar-refractivity contribution is 5.35. The summed E-state index contributed by atoms with van der Waals surface area (Å²) in [5.74, 6) is 0.388. The molecule has 6 heteroatoms. The Morgan fingerprint density at radius 1 is 1.33 bits per heavy atom. The third kappa shape index (κ3) is 3.92. The maximum atomic E-state index is 10.3. The van der Waals surface area contributed by atoms with Gasteiger partial charge in [-0.2, -0.15) is 4.89 Å². The van der Waals surface area contributed by atoms with Crippen LogP contribution in [0, 0.1) is 10.1 Å². The minimum Gasteiger partial charge on any atom is -0.396 e. The van der Waals surface area contributed by atoms with E-state index in [-0.39, 0.29) is 18.9 Å². The van der Waals surface area contributed by atoms with Crippen molar-refractivity contribution in [3.05, 3.63) is 34.4 Å². The third-order valence-corrected chi connectivity index (χ3v) is 1.59. The number of aliphatic hydroxyl groups excluding tert-OH is 1. The van der Waals surface area contributed by atoms with E-state index in [0.29, 0.717) is 12.2 Å². The Bertz CT molecular complexity index is 311. The van der Waals surface area contributed by atoms with E-state index in [1.54, 1.807) is 0 Å². The first kappa shape index (κ1) is 11.4. The predicted molar refractivity (Wildman–Crippen MR) is 51.4 cm³/mol. The molecule has 0 aliphatic rings. The summed E-state index contributed by atoms with van der Waals surface area (Å²) in [5.41, 5.74) is -0.00212. The van der Waals surface area contributed by atoms with Gasteiger partial charge in [0.2, 0.25) is 0 Å². The lowest BCUT2D eigenvalue weighted by molar-refractivity contribution is -0.384. The fourth-order valence-corrected chi connectivity index (χ4v) is 0.857. The van der Waals surface area contributed by atoms with Crippen LogP contribution in [0.2, 0.25) is 0 Å². The molecule has 0 saturated carbocycles. The number of nitro benzene ring substituents is 1. The summed E-state index contributed by atoms with van der Waals surface area (Å²) in [4.78, 5) is 19.4. The van der Waals surface area contributed by atoms with Gasteiger partial charge in [-0.1, -0.05) is 0 Å². The topological polar surface area (TPSA) is 81.8 Å². The number of hydrogen-bond donors (Lipinski definition) is 1. The van der Waals surface area contributed by atoms with Crippen LogP contribution < -0.4 is 4.89 Å². The molecule has 0 saturated heterocycles. The molecule has 0 aliphatic heterocycles. The van der Waals surface area contributed by atoms with Gasteiger partial charge in [0.15, 0.2) is 5.75 Å². The molecule has 0 amide bonds. The molecule has 0 unspecified atom stereocenters. The van der Waals surface area contributed by atoms with E-state index in [0.717, 1.165) is 0 Å². The lowest BCUT2D eigenvalue weighted by atomic mass is 10.3. The number of hydrogen-bond acceptors (Lipinski definition) is 5. The van der Waals surface area contributed by atoms with E-state index in [1.807, 2.05) is 0 Å². The molecule has 15 heavy (non-hydrogen) atoms. The molecule has 0 atom stereocenters. The van der Waals surface area contributed by atoms with Gasteiger partial charge in [-0.3, -0.25) is 10.1 Å². The van der Waals surface area contributed by atoms with Crippen LogP contribution in [0.3, 0.4) is 0 Å². The van der Waals surface area contributed by atoms with Gasteiger partial charge in [0, 0.05) is 18.7 Å². The molecule has 1 rings (SSSR count). The Labute approximate surface area is 86.1 Å². The van der Waals surface area contributed by atoms with Crippen molar-refractivity contribution in [2.45, 2.75) is 6.42 Å². The Morgan fingerprint density at radius 3 is 2.53 bits per heavy atom. The fourth-order valence-electron chi connectivity index (χ4n) is 0.857. The zero-order valence-corrected chi connectivity index (χ0v) is 7.96. The second-order valence-corrected chi connectivity index (χ2v) is 2.73. The number of rotatable bonds is 6. The molecule has 6 nitrogen and oxygen atoms in total. The molecule has 0 radical (unpaired) electrons. The molecule has 0 fully saturated rings. The van der Waals surface area contributed by atoms with Gasteiger partial charge in [0.1, 0.15) is 0 Å². The summed E-state index contributed by atoms with van der Waals surface area (Å²) in [7, 11) is 0. The highest BCUT2D eigenvalue weighted by Crippen LogP contribution is 2.17. The Hall–Kier alpha value is -1.66. The van der Waals surface area contributed by atoms with Crippen LogP contribution in [0.1, 0.15) is 6.42 Å². The maximum Gasteiger partial charge on any atom is 0.269 e. The minimum absolute atomic E-state index is 0.00212. The summed E-state index contributed by atoms with van der Waals surface area (Å²) >= 11 is 0. The smallest absolute Gasteiger partial charge is 0.269 e. The molecule has 0 heterocycles. The van der Waals surface area contributed by atoms with E-state index in [1.165, 1.54) is 24.3 Å². The minimum atomic E-state index is -0.490. The van der Waals surface area contributed by atoms with Crippen molar-refractivity contribution in [3.8, 4) is 5.75 Å². The molecule has 1 aromatic carbocycles. The number of benzene rings is 1. The van der Waals surface area contributed by atoms with Crippen LogP contribution in [0.15, 0.2) is 24.3 Å². The van der Waals surface area contributed by atoms with E-state index in [2.05, 4.69) is 0 Å². The zero-order valence-electron chi connectivity index (χ0n) is 7.96. The van der Waals surface area contributed by atoms with Crippen molar-refractivity contribution >= 4 is 5.69 Å². The highest BCUT2D eigenvalue weighted by atomic mass is 17.2. The number of nitro groups is 1. The SMILES string of the molecule is O=[N+]([O-])c1ccc(OOCCCO)cc1. The zero-order chi connectivity index (χ0) is 11.1. The molecule has 1 aromatic rings. The van der Waals surface area contributed by atoms with Gasteiger partial charge in [-0.15, -0.1) is 0 Å². The third-order valence-electron chi connectivity index (χ3n) is 1.59. The van der Waals surface area contributed by atoms with Crippen LogP contribution in [0.4, 0.5) is 5.69 Å². The summed E-state index contributed by atoms with van der Waals surface area (Å²) in [6.45, 7) is 0.303. The standard InChI is InChI=1S/C9H11NO5/c11-6-1-7-14-15-9-4-2-8(3-5-9)10(12)13/h2-5,11H,1,6-7H2. The van der Waals surface area contributed by atoms with Crippen molar-refractivity contribution in [1.82, 2.24) is 0 Å². The lowest BCUT2D eigenvalue weighted by Crippen LogP contribution is -2.01. The maximum absolute atomic E-state index is 10.3. The second kappa shape index (κ2) is 5.94. The molecule has 1 N–H and O–H groups in total. The first-order valence-electron chi connectivity index (χ1n) is 4.39. The van der Waals surface area contributed by atoms with Gasteiger partial charge in [0.05, 0.1) is 11.5 Å². The summed E-state index contributed by atoms with van der Waals surface area (Å²) in [5, 5.41) is 18.8. The van der Waals surface area contributed by atoms with Crippen LogP contribution in [-0.2, 0) is 4.89 Å². The van der Waals surface area contributed by atoms with Gasteiger partial charge in [-0.05, 0) is 18.6 Å². The normalized spacial score (nSPS) is 9.93. The fraction of sp³-hybridized carbons (Fsp3) is 0.333. The summed E-state index contributed by atoms with van der Waals surface area (Å²) in [6.07, 6.45) is 0.479. The first-order valence-corrected chi connectivity index (χ1v) is 4.39. The monoisotopic (exact) mass is 213 g/mol. The van der Waals surface area contributed by atoms with Crippen LogP contribution in [-0.4, -0.2) is 23.2 Å². The molecule has 0 bridgehead atoms. The Morgan fingerprint density at radius 2 is 2.00 bits per heavy atom. The largest absolute Gasteiger partial charge is 0.396 e. The van der Waals surface area contributed by atoms with E-state index >= 15 is 0 Å². The van der Waals surface area contributed by atoms with Crippen molar-refractivity contribution in [2.75, 3.05) is 13.2 Å². The summed E-state index contributed by atoms with van der Waals surface area (Å²) in [6, 6.07) is 5.53.